The average molecular weight is 409 g/mol. The highest BCUT2D eigenvalue weighted by atomic mass is 15.2. The molecule has 0 saturated carbocycles. The maximum Gasteiger partial charge on any atom is 0.0542 e. The summed E-state index contributed by atoms with van der Waals surface area (Å²) in [6, 6.07) is 22.8. The molecule has 0 spiro atoms. The molecule has 0 aliphatic carbocycles. The van der Waals surface area contributed by atoms with Crippen molar-refractivity contribution < 1.29 is 0 Å². The summed E-state index contributed by atoms with van der Waals surface area (Å²) in [7, 11) is 4.61. The van der Waals surface area contributed by atoms with Gasteiger partial charge in [0.05, 0.1) is 12.1 Å². The van der Waals surface area contributed by atoms with Crippen molar-refractivity contribution in [1.29, 1.82) is 0 Å². The third-order valence-corrected chi connectivity index (χ3v) is 5.96. The molecule has 0 radical (unpaired) electrons. The zero-order valence-electron chi connectivity index (χ0n) is 20.7. The lowest BCUT2D eigenvalue weighted by atomic mass is 9.87. The molecule has 2 aromatic rings. The molecule has 2 heteroatoms. The van der Waals surface area contributed by atoms with E-state index in [1.807, 2.05) is 0 Å². The van der Waals surface area contributed by atoms with Crippen LogP contribution in [0.2, 0.25) is 0 Å². The summed E-state index contributed by atoms with van der Waals surface area (Å²) in [5.41, 5.74) is 3.45. The number of hydrogen-bond donors (Lipinski definition) is 0. The van der Waals surface area contributed by atoms with Gasteiger partial charge in [-0.05, 0) is 62.0 Å². The lowest BCUT2D eigenvalue weighted by Crippen LogP contribution is -2.40. The standard InChI is InChI=1S/C28H44N2/c1-27(2,3)19-21-29(7)25(23-15-11-9-12-16-23)26(24-17-13-10-14-18-24)30(8)22-20-28(4,5)6/h9-18,25-26H,19-22H2,1-8H3/t25-,26+. The Labute approximate surface area is 186 Å². The molecular weight excluding hydrogens is 364 g/mol. The Morgan fingerprint density at radius 3 is 1.13 bits per heavy atom. The van der Waals surface area contributed by atoms with Crippen molar-refractivity contribution in [3.05, 3.63) is 71.8 Å². The second-order valence-electron chi connectivity index (χ2n) is 11.3. The van der Waals surface area contributed by atoms with Crippen molar-refractivity contribution in [1.82, 2.24) is 9.80 Å². The van der Waals surface area contributed by atoms with E-state index < -0.39 is 0 Å². The predicted octanol–water partition coefficient (Wildman–Crippen LogP) is 7.21. The summed E-state index contributed by atoms with van der Waals surface area (Å²) in [6.45, 7) is 16.2. The zero-order valence-corrected chi connectivity index (χ0v) is 20.7. The molecule has 166 valence electrons. The summed E-state index contributed by atoms with van der Waals surface area (Å²) >= 11 is 0. The minimum absolute atomic E-state index is 0.306. The molecule has 0 bridgehead atoms. The summed E-state index contributed by atoms with van der Waals surface area (Å²) in [5.74, 6) is 0. The topological polar surface area (TPSA) is 6.48 Å². The number of nitrogens with zero attached hydrogens (tertiary/aromatic N) is 2. The molecule has 0 unspecified atom stereocenters. The number of rotatable bonds is 9. The van der Waals surface area contributed by atoms with Crippen LogP contribution in [0.3, 0.4) is 0 Å². The van der Waals surface area contributed by atoms with Crippen molar-refractivity contribution in [3.8, 4) is 0 Å². The molecule has 0 aromatic heterocycles. The van der Waals surface area contributed by atoms with Gasteiger partial charge in [0.2, 0.25) is 0 Å². The molecule has 0 N–H and O–H groups in total. The predicted molar refractivity (Wildman–Crippen MR) is 132 cm³/mol. The second kappa shape index (κ2) is 10.6. The molecule has 0 aliphatic rings. The van der Waals surface area contributed by atoms with Crippen molar-refractivity contribution in [2.24, 2.45) is 10.8 Å². The Kier molecular flexibility index (Phi) is 8.70. The summed E-state index contributed by atoms with van der Waals surface area (Å²) < 4.78 is 0. The van der Waals surface area contributed by atoms with E-state index in [1.54, 1.807) is 0 Å². The van der Waals surface area contributed by atoms with E-state index in [-0.39, 0.29) is 0 Å². The Morgan fingerprint density at radius 2 is 0.867 bits per heavy atom. The van der Waals surface area contributed by atoms with Gasteiger partial charge in [-0.1, -0.05) is 102 Å². The van der Waals surface area contributed by atoms with Crippen LogP contribution in [0.4, 0.5) is 0 Å². The van der Waals surface area contributed by atoms with E-state index in [0.29, 0.717) is 22.9 Å². The summed E-state index contributed by atoms with van der Waals surface area (Å²) in [4.78, 5) is 5.15. The smallest absolute Gasteiger partial charge is 0.0542 e. The van der Waals surface area contributed by atoms with Crippen molar-refractivity contribution in [2.45, 2.75) is 66.5 Å². The highest BCUT2D eigenvalue weighted by Gasteiger charge is 2.32. The van der Waals surface area contributed by atoms with Gasteiger partial charge in [0.25, 0.3) is 0 Å². The maximum absolute atomic E-state index is 2.58. The molecule has 0 heterocycles. The first-order valence-electron chi connectivity index (χ1n) is 11.5. The van der Waals surface area contributed by atoms with Gasteiger partial charge in [-0.3, -0.25) is 9.80 Å². The minimum Gasteiger partial charge on any atom is -0.298 e. The third-order valence-electron chi connectivity index (χ3n) is 5.96. The normalized spacial score (nSPS) is 14.9. The van der Waals surface area contributed by atoms with Crippen molar-refractivity contribution in [3.63, 3.8) is 0 Å². The molecule has 0 aliphatic heterocycles. The van der Waals surface area contributed by atoms with Crippen LogP contribution in [-0.2, 0) is 0 Å². The fourth-order valence-corrected chi connectivity index (χ4v) is 3.96. The lowest BCUT2D eigenvalue weighted by molar-refractivity contribution is 0.0945. The first-order valence-corrected chi connectivity index (χ1v) is 11.5. The van der Waals surface area contributed by atoms with Crippen LogP contribution < -0.4 is 0 Å². The molecule has 2 rings (SSSR count). The summed E-state index contributed by atoms with van der Waals surface area (Å²) in [6.07, 6.45) is 2.36. The van der Waals surface area contributed by atoms with Crippen LogP contribution >= 0.6 is 0 Å². The zero-order chi connectivity index (χ0) is 22.4. The van der Waals surface area contributed by atoms with Gasteiger partial charge in [0, 0.05) is 0 Å². The first-order chi connectivity index (χ1) is 14.0. The molecular formula is C28H44N2. The van der Waals surface area contributed by atoms with Gasteiger partial charge in [0.15, 0.2) is 0 Å². The van der Waals surface area contributed by atoms with Gasteiger partial charge in [-0.2, -0.15) is 0 Å². The highest BCUT2D eigenvalue weighted by Crippen LogP contribution is 2.38. The minimum atomic E-state index is 0.306. The quantitative estimate of drug-likeness (QED) is 0.432. The van der Waals surface area contributed by atoms with E-state index in [4.69, 9.17) is 0 Å². The molecule has 0 amide bonds. The fraction of sp³-hybridized carbons (Fsp3) is 0.571. The van der Waals surface area contributed by atoms with Crippen LogP contribution in [0, 0.1) is 10.8 Å². The number of likely N-dealkylation sites (N-methyl/N-ethyl adjacent to an activating group) is 2. The Balaban J connectivity index is 2.43. The van der Waals surface area contributed by atoms with Gasteiger partial charge in [-0.25, -0.2) is 0 Å². The van der Waals surface area contributed by atoms with E-state index >= 15 is 0 Å². The molecule has 2 aromatic carbocycles. The van der Waals surface area contributed by atoms with E-state index in [0.717, 1.165) is 13.1 Å². The van der Waals surface area contributed by atoms with Gasteiger partial charge < -0.3 is 0 Å². The molecule has 2 atom stereocenters. The maximum atomic E-state index is 2.58. The lowest BCUT2D eigenvalue weighted by Gasteiger charge is -2.41. The molecule has 0 fully saturated rings. The van der Waals surface area contributed by atoms with Crippen molar-refractivity contribution >= 4 is 0 Å². The number of hydrogen-bond acceptors (Lipinski definition) is 2. The van der Waals surface area contributed by atoms with Crippen LogP contribution in [0.5, 0.6) is 0 Å². The third kappa shape index (κ3) is 7.89. The van der Waals surface area contributed by atoms with E-state index in [1.165, 1.54) is 24.0 Å². The largest absolute Gasteiger partial charge is 0.298 e. The Morgan fingerprint density at radius 1 is 0.567 bits per heavy atom. The van der Waals surface area contributed by atoms with Gasteiger partial charge in [-0.15, -0.1) is 0 Å². The van der Waals surface area contributed by atoms with Crippen molar-refractivity contribution in [2.75, 3.05) is 27.2 Å². The molecule has 0 saturated heterocycles. The molecule has 2 nitrogen and oxygen atoms in total. The number of benzene rings is 2. The van der Waals surface area contributed by atoms with Crippen LogP contribution in [0.1, 0.15) is 77.6 Å². The second-order valence-corrected chi connectivity index (χ2v) is 11.3. The van der Waals surface area contributed by atoms with E-state index in [2.05, 4.69) is 126 Å². The monoisotopic (exact) mass is 408 g/mol. The fourth-order valence-electron chi connectivity index (χ4n) is 3.96. The van der Waals surface area contributed by atoms with Gasteiger partial charge in [0.1, 0.15) is 0 Å². The van der Waals surface area contributed by atoms with Crippen LogP contribution in [0.15, 0.2) is 60.7 Å². The van der Waals surface area contributed by atoms with Gasteiger partial charge >= 0.3 is 0 Å². The highest BCUT2D eigenvalue weighted by molar-refractivity contribution is 5.28. The van der Waals surface area contributed by atoms with Crippen LogP contribution in [-0.4, -0.2) is 37.0 Å². The Hall–Kier alpha value is -1.64. The Bertz CT molecular complexity index is 659. The van der Waals surface area contributed by atoms with E-state index in [9.17, 15) is 0 Å². The average Bonchev–Trinajstić information content (AvgIpc) is 2.68. The van der Waals surface area contributed by atoms with Crippen LogP contribution in [0.25, 0.3) is 0 Å². The SMILES string of the molecule is CN(CCC(C)(C)C)[C@H](c1ccccc1)[C@H](c1ccccc1)N(C)CCC(C)(C)C. The summed E-state index contributed by atoms with van der Waals surface area (Å²) in [5, 5.41) is 0. The first kappa shape index (κ1) is 24.6. The molecule has 30 heavy (non-hydrogen) atoms.